The fraction of sp³-hybridized carbons (Fsp3) is 0.0667. The second kappa shape index (κ2) is 15.2. The molecule has 2 atom stereocenters. The van der Waals surface area contributed by atoms with E-state index in [-0.39, 0.29) is 11.8 Å². The predicted octanol–water partition coefficient (Wildman–Crippen LogP) is 16.0. The van der Waals surface area contributed by atoms with Gasteiger partial charge in [0.1, 0.15) is 11.2 Å². The summed E-state index contributed by atoms with van der Waals surface area (Å²) in [6.07, 6.45) is 0.974. The fourth-order valence-corrected chi connectivity index (χ4v) is 9.96. The number of rotatable bonds is 7. The third-order valence-electron chi connectivity index (χ3n) is 13.2. The molecular weight excluding hydrogens is 765 g/mol. The van der Waals surface area contributed by atoms with Crippen molar-refractivity contribution in [3.05, 3.63) is 229 Å². The molecule has 2 aromatic heterocycles. The van der Waals surface area contributed by atoms with E-state index >= 15 is 0 Å². The van der Waals surface area contributed by atoms with Crippen molar-refractivity contribution in [1.29, 1.82) is 0 Å². The van der Waals surface area contributed by atoms with Gasteiger partial charge in [-0.1, -0.05) is 195 Å². The molecule has 0 fully saturated rings. The van der Waals surface area contributed by atoms with Crippen molar-refractivity contribution in [2.24, 2.45) is 0 Å². The zero-order valence-corrected chi connectivity index (χ0v) is 34.9. The van der Waals surface area contributed by atoms with Gasteiger partial charge in [0.05, 0.1) is 11.2 Å². The van der Waals surface area contributed by atoms with E-state index in [0.717, 1.165) is 67.2 Å². The van der Waals surface area contributed by atoms with Crippen molar-refractivity contribution in [1.82, 2.24) is 9.97 Å². The highest BCUT2D eigenvalue weighted by atomic mass is 16.3. The van der Waals surface area contributed by atoms with Crippen LogP contribution in [0.2, 0.25) is 0 Å². The first kappa shape index (κ1) is 36.9. The lowest BCUT2D eigenvalue weighted by Crippen LogP contribution is -2.17. The number of para-hydroxylation sites is 1. The third kappa shape index (κ3) is 6.52. The number of nitrogens with zero attached hydrogens (tertiary/aromatic N) is 2. The summed E-state index contributed by atoms with van der Waals surface area (Å²) in [5.74, 6) is 1.18. The average molecular weight is 807 g/mol. The largest absolute Gasteiger partial charge is 0.456 e. The van der Waals surface area contributed by atoms with Gasteiger partial charge in [0.2, 0.25) is 0 Å². The van der Waals surface area contributed by atoms with Crippen LogP contribution in [0, 0.1) is 0 Å². The molecule has 1 aliphatic carbocycles. The van der Waals surface area contributed by atoms with Gasteiger partial charge in [-0.05, 0) is 104 Å². The van der Waals surface area contributed by atoms with Crippen LogP contribution in [-0.2, 0) is 6.42 Å². The molecule has 0 amide bonds. The van der Waals surface area contributed by atoms with Crippen LogP contribution in [0.1, 0.15) is 35.4 Å². The minimum atomic E-state index is 0.222. The third-order valence-corrected chi connectivity index (χ3v) is 13.2. The van der Waals surface area contributed by atoms with Gasteiger partial charge in [0, 0.05) is 27.3 Å². The molecule has 63 heavy (non-hydrogen) atoms. The fourth-order valence-electron chi connectivity index (χ4n) is 9.96. The monoisotopic (exact) mass is 806 g/mol. The van der Waals surface area contributed by atoms with E-state index in [9.17, 15) is 0 Å². The van der Waals surface area contributed by atoms with Gasteiger partial charge in [0.15, 0.2) is 5.82 Å². The lowest BCUT2D eigenvalue weighted by atomic mass is 9.71. The molecule has 0 N–H and O–H groups in total. The second-order valence-corrected chi connectivity index (χ2v) is 16.9. The molecule has 1 aliphatic rings. The van der Waals surface area contributed by atoms with E-state index < -0.39 is 0 Å². The summed E-state index contributed by atoms with van der Waals surface area (Å²) >= 11 is 0. The molecule has 3 heteroatoms. The maximum atomic E-state index is 6.96. The minimum absolute atomic E-state index is 0.222. The zero-order valence-electron chi connectivity index (χ0n) is 34.9. The lowest BCUT2D eigenvalue weighted by Gasteiger charge is -2.33. The number of hydrogen-bond donors (Lipinski definition) is 0. The quantitative estimate of drug-likeness (QED) is 0.161. The van der Waals surface area contributed by atoms with Crippen LogP contribution < -0.4 is 0 Å². The Morgan fingerprint density at radius 1 is 0.444 bits per heavy atom. The normalized spacial score (nSPS) is 13.8. The van der Waals surface area contributed by atoms with E-state index in [1.807, 2.05) is 0 Å². The van der Waals surface area contributed by atoms with Crippen LogP contribution >= 0.6 is 0 Å². The van der Waals surface area contributed by atoms with E-state index in [1.165, 1.54) is 50.1 Å². The number of aromatic nitrogens is 2. The van der Waals surface area contributed by atoms with E-state index in [0.29, 0.717) is 5.82 Å². The van der Waals surface area contributed by atoms with Crippen LogP contribution in [0.3, 0.4) is 0 Å². The van der Waals surface area contributed by atoms with Gasteiger partial charge >= 0.3 is 0 Å². The maximum Gasteiger partial charge on any atom is 0.161 e. The molecule has 0 saturated carbocycles. The molecule has 3 nitrogen and oxygen atoms in total. The molecule has 0 aliphatic heterocycles. The highest BCUT2D eigenvalue weighted by molar-refractivity contribution is 6.13. The first-order valence-corrected chi connectivity index (χ1v) is 21.9. The zero-order chi connectivity index (χ0) is 41.9. The van der Waals surface area contributed by atoms with Crippen molar-refractivity contribution < 1.29 is 4.42 Å². The Balaban J connectivity index is 1.00. The summed E-state index contributed by atoms with van der Waals surface area (Å²) in [6.45, 7) is 2.39. The Hall–Kier alpha value is -7.88. The number of hydrogen-bond acceptors (Lipinski definition) is 3. The molecule has 12 rings (SSSR count). The number of benzene rings is 9. The second-order valence-electron chi connectivity index (χ2n) is 16.9. The predicted molar refractivity (Wildman–Crippen MR) is 261 cm³/mol. The molecule has 0 radical (unpaired) electrons. The Morgan fingerprint density at radius 3 is 1.83 bits per heavy atom. The Bertz CT molecular complexity index is 3480. The molecule has 2 heterocycles. The van der Waals surface area contributed by atoms with Crippen molar-refractivity contribution >= 4 is 32.8 Å². The van der Waals surface area contributed by atoms with Crippen molar-refractivity contribution in [3.63, 3.8) is 0 Å². The van der Waals surface area contributed by atoms with Gasteiger partial charge in [-0.3, -0.25) is 0 Å². The molecule has 0 bridgehead atoms. The molecular formula is C60H42N2O. The summed E-state index contributed by atoms with van der Waals surface area (Å²) in [5.41, 5.74) is 19.2. The molecule has 298 valence electrons. The van der Waals surface area contributed by atoms with Crippen molar-refractivity contribution in [2.75, 3.05) is 0 Å². The summed E-state index contributed by atoms with van der Waals surface area (Å²) in [6, 6.07) is 76.1. The first-order chi connectivity index (χ1) is 31.1. The minimum Gasteiger partial charge on any atom is -0.456 e. The molecule has 0 spiro atoms. The molecule has 1 unspecified atom stereocenters. The van der Waals surface area contributed by atoms with Crippen LogP contribution in [0.5, 0.6) is 0 Å². The molecule has 9 aromatic carbocycles. The van der Waals surface area contributed by atoms with Crippen molar-refractivity contribution in [3.8, 4) is 67.2 Å². The smallest absolute Gasteiger partial charge is 0.161 e. The Morgan fingerprint density at radius 2 is 1.06 bits per heavy atom. The first-order valence-electron chi connectivity index (χ1n) is 21.9. The average Bonchev–Trinajstić information content (AvgIpc) is 3.74. The Labute approximate surface area is 367 Å². The Kier molecular flexibility index (Phi) is 8.93. The summed E-state index contributed by atoms with van der Waals surface area (Å²) in [7, 11) is 0. The standard InChI is InChI=1S/C60H42N2O/c1-38(52-34-46-21-11-12-22-48(46)49-31-30-45(33-53(49)52)40-17-7-3-8-18-40)44-29-32-51-56(36-44)63-57-37-47(41-19-9-4-10-20-41)35-54(58(51)57)60-61-55-24-14-13-23-50(55)59(62-60)43-27-25-42(26-28-43)39-15-5-2-6-16-39/h2-33,35-38,52H,34H2,1H3/t38?,52-/m1/s1. The van der Waals surface area contributed by atoms with Gasteiger partial charge in [-0.15, -0.1) is 0 Å². The SMILES string of the molecule is CC(c1ccc2c(c1)oc1cc(-c3ccccc3)cc(-c3nc(-c4ccc(-c5ccccc5)cc4)c4ccccc4n3)c12)[C@H]1Cc2ccccc2-c2ccc(-c3ccccc3)cc21. The summed E-state index contributed by atoms with van der Waals surface area (Å²) in [4.78, 5) is 10.7. The summed E-state index contributed by atoms with van der Waals surface area (Å²) in [5, 5.41) is 3.10. The van der Waals surface area contributed by atoms with Crippen molar-refractivity contribution in [2.45, 2.75) is 25.2 Å². The van der Waals surface area contributed by atoms with Gasteiger partial charge in [0.25, 0.3) is 0 Å². The highest BCUT2D eigenvalue weighted by Crippen LogP contribution is 2.48. The van der Waals surface area contributed by atoms with Gasteiger partial charge in [-0.2, -0.15) is 0 Å². The van der Waals surface area contributed by atoms with Crippen LogP contribution in [-0.4, -0.2) is 9.97 Å². The lowest BCUT2D eigenvalue weighted by molar-refractivity contribution is 0.567. The number of furan rings is 1. The number of fused-ring (bicyclic) bond motifs is 7. The summed E-state index contributed by atoms with van der Waals surface area (Å²) < 4.78 is 6.96. The van der Waals surface area contributed by atoms with E-state index in [1.54, 1.807) is 0 Å². The van der Waals surface area contributed by atoms with Crippen LogP contribution in [0.4, 0.5) is 0 Å². The van der Waals surface area contributed by atoms with Crippen LogP contribution in [0.15, 0.2) is 217 Å². The van der Waals surface area contributed by atoms with Crippen LogP contribution in [0.25, 0.3) is 100.0 Å². The topological polar surface area (TPSA) is 38.9 Å². The van der Waals surface area contributed by atoms with E-state index in [2.05, 4.69) is 219 Å². The maximum absolute atomic E-state index is 6.96. The van der Waals surface area contributed by atoms with Gasteiger partial charge in [-0.25, -0.2) is 9.97 Å². The molecule has 0 saturated heterocycles. The van der Waals surface area contributed by atoms with Gasteiger partial charge < -0.3 is 4.42 Å². The van der Waals surface area contributed by atoms with E-state index in [4.69, 9.17) is 14.4 Å². The highest BCUT2D eigenvalue weighted by Gasteiger charge is 2.30. The molecule has 11 aromatic rings.